The topological polar surface area (TPSA) is 78.9 Å². The maximum atomic E-state index is 12.9. The lowest BCUT2D eigenvalue weighted by molar-refractivity contribution is -0.167. The van der Waals surface area contributed by atoms with Gasteiger partial charge in [0.25, 0.3) is 0 Å². The average molecular weight is 1060 g/mol. The Labute approximate surface area is 471 Å². The van der Waals surface area contributed by atoms with Crippen LogP contribution in [0.1, 0.15) is 323 Å². The Morgan fingerprint density at radius 1 is 0.276 bits per heavy atom. The van der Waals surface area contributed by atoms with Gasteiger partial charge < -0.3 is 14.2 Å². The van der Waals surface area contributed by atoms with E-state index >= 15 is 0 Å². The van der Waals surface area contributed by atoms with Crippen molar-refractivity contribution in [1.82, 2.24) is 0 Å². The molecule has 0 bridgehead atoms. The summed E-state index contributed by atoms with van der Waals surface area (Å²) in [6.07, 6.45) is 84.6. The zero-order valence-electron chi connectivity index (χ0n) is 50.3. The first-order chi connectivity index (χ1) is 37.5. The monoisotopic (exact) mass is 1060 g/mol. The van der Waals surface area contributed by atoms with Crippen molar-refractivity contribution in [3.63, 3.8) is 0 Å². The van der Waals surface area contributed by atoms with E-state index in [1.165, 1.54) is 180 Å². The number of hydrogen-bond donors (Lipinski definition) is 0. The maximum Gasteiger partial charge on any atom is 0.306 e. The minimum atomic E-state index is -0.803. The summed E-state index contributed by atoms with van der Waals surface area (Å²) in [6.45, 7) is 6.51. The average Bonchev–Trinajstić information content (AvgIpc) is 3.42. The molecule has 6 heteroatoms. The highest BCUT2D eigenvalue weighted by molar-refractivity contribution is 5.71. The molecule has 0 fully saturated rings. The van der Waals surface area contributed by atoms with Crippen LogP contribution >= 0.6 is 0 Å². The summed E-state index contributed by atoms with van der Waals surface area (Å²) in [7, 11) is 0. The van der Waals surface area contributed by atoms with E-state index in [-0.39, 0.29) is 37.5 Å². The second-order valence-electron chi connectivity index (χ2n) is 21.6. The third kappa shape index (κ3) is 61.4. The van der Waals surface area contributed by atoms with Crippen molar-refractivity contribution < 1.29 is 28.6 Å². The van der Waals surface area contributed by atoms with Gasteiger partial charge in [-0.1, -0.05) is 292 Å². The zero-order chi connectivity index (χ0) is 55.0. The van der Waals surface area contributed by atoms with Gasteiger partial charge in [-0.3, -0.25) is 14.4 Å². The van der Waals surface area contributed by atoms with Crippen LogP contribution in [0.2, 0.25) is 0 Å². The predicted octanol–water partition coefficient (Wildman–Crippen LogP) is 22.3. The van der Waals surface area contributed by atoms with E-state index in [9.17, 15) is 14.4 Å². The molecule has 0 spiro atoms. The molecule has 0 saturated heterocycles. The van der Waals surface area contributed by atoms with Crippen molar-refractivity contribution in [3.8, 4) is 0 Å². The third-order valence-electron chi connectivity index (χ3n) is 14.1. The van der Waals surface area contributed by atoms with Crippen LogP contribution in [0.5, 0.6) is 0 Å². The van der Waals surface area contributed by atoms with Crippen LogP contribution in [0.25, 0.3) is 0 Å². The van der Waals surface area contributed by atoms with Gasteiger partial charge in [-0.25, -0.2) is 0 Å². The summed E-state index contributed by atoms with van der Waals surface area (Å²) in [5, 5.41) is 0. The Kier molecular flexibility index (Phi) is 61.2. The molecule has 0 radical (unpaired) electrons. The number of carbonyl (C=O) groups is 3. The molecule has 1 atom stereocenters. The molecule has 438 valence electrons. The maximum absolute atomic E-state index is 12.9. The lowest BCUT2D eigenvalue weighted by Gasteiger charge is -2.18. The molecule has 0 aromatic rings. The molecule has 1 unspecified atom stereocenters. The first-order valence-corrected chi connectivity index (χ1v) is 32.6. The van der Waals surface area contributed by atoms with Crippen molar-refractivity contribution in [1.29, 1.82) is 0 Å². The normalized spacial score (nSPS) is 12.6. The fourth-order valence-corrected chi connectivity index (χ4v) is 9.27. The molecule has 76 heavy (non-hydrogen) atoms. The van der Waals surface area contributed by atoms with Crippen LogP contribution in [0.3, 0.4) is 0 Å². The number of rotatable bonds is 59. The fraction of sp³-hybridized carbons (Fsp3) is 0.757. The van der Waals surface area contributed by atoms with Crippen LogP contribution in [-0.2, 0) is 28.6 Å². The number of carbonyl (C=O) groups excluding carboxylic acids is 3. The van der Waals surface area contributed by atoms with E-state index in [0.717, 1.165) is 96.3 Å². The van der Waals surface area contributed by atoms with Gasteiger partial charge in [-0.15, -0.1) is 0 Å². The number of allylic oxidation sites excluding steroid dienone is 14. The van der Waals surface area contributed by atoms with Crippen LogP contribution in [-0.4, -0.2) is 37.2 Å². The van der Waals surface area contributed by atoms with Crippen LogP contribution in [0.15, 0.2) is 85.1 Å². The molecule has 6 nitrogen and oxygen atoms in total. The molecule has 0 aromatic heterocycles. The Morgan fingerprint density at radius 2 is 0.513 bits per heavy atom. The van der Waals surface area contributed by atoms with Crippen molar-refractivity contribution in [3.05, 3.63) is 85.1 Å². The van der Waals surface area contributed by atoms with Crippen LogP contribution < -0.4 is 0 Å². The standard InChI is InChI=1S/C70H122O6/c1-4-7-10-13-16-19-22-25-27-29-31-33-34-35-37-38-40-42-45-48-51-54-57-60-63-69(72)75-66-67(65-74-68(71)62-59-56-53-50-47-44-24-21-18-15-12-9-6-3)76-70(73)64-61-58-55-52-49-46-43-41-39-36-32-30-28-26-23-20-17-14-11-8-5-2/h8,11,17,20-21,24,26,28,32,36,41,43,49,52,67H,4-7,9-10,12-16,18-19,22-23,25,27,29-31,33-35,37-40,42,44-48,50-51,53-66H2,1-3H3/b11-8-,20-17-,24-21-,28-26-,36-32-,43-41-,52-49-. The predicted molar refractivity (Wildman–Crippen MR) is 330 cm³/mol. The quantitative estimate of drug-likeness (QED) is 0.0261. The van der Waals surface area contributed by atoms with Crippen molar-refractivity contribution in [2.75, 3.05) is 13.2 Å². The largest absolute Gasteiger partial charge is 0.462 e. The van der Waals surface area contributed by atoms with Gasteiger partial charge in [0.15, 0.2) is 6.10 Å². The molecular weight excluding hydrogens is 937 g/mol. The first-order valence-electron chi connectivity index (χ1n) is 32.6. The van der Waals surface area contributed by atoms with Crippen molar-refractivity contribution in [2.24, 2.45) is 0 Å². The van der Waals surface area contributed by atoms with Gasteiger partial charge >= 0.3 is 17.9 Å². The van der Waals surface area contributed by atoms with Gasteiger partial charge in [0, 0.05) is 19.3 Å². The Bertz CT molecular complexity index is 1450. The molecule has 0 rings (SSSR count). The molecule has 0 aliphatic rings. The summed E-state index contributed by atoms with van der Waals surface area (Å²) in [4.78, 5) is 38.3. The molecule has 0 aliphatic heterocycles. The van der Waals surface area contributed by atoms with E-state index in [4.69, 9.17) is 14.2 Å². The van der Waals surface area contributed by atoms with Crippen molar-refractivity contribution in [2.45, 2.75) is 329 Å². The third-order valence-corrected chi connectivity index (χ3v) is 14.1. The SMILES string of the molecule is CC/C=C\C/C=C\C/C=C\C/C=C\C/C=C\C/C=C\CCCCC(=O)OC(COC(=O)CCCCCCC/C=C\CCCCCC)COC(=O)CCCCCCCCCCCCCCCCCCCCCCCCCC. The first kappa shape index (κ1) is 72.6. The fourth-order valence-electron chi connectivity index (χ4n) is 9.27. The van der Waals surface area contributed by atoms with Gasteiger partial charge in [0.1, 0.15) is 13.2 Å². The lowest BCUT2D eigenvalue weighted by Crippen LogP contribution is -2.30. The van der Waals surface area contributed by atoms with Gasteiger partial charge in [0.05, 0.1) is 0 Å². The Balaban J connectivity index is 4.36. The number of esters is 3. The molecule has 0 amide bonds. The van der Waals surface area contributed by atoms with E-state index in [2.05, 4.69) is 106 Å². The minimum Gasteiger partial charge on any atom is -0.462 e. The number of hydrogen-bond acceptors (Lipinski definition) is 6. The smallest absolute Gasteiger partial charge is 0.306 e. The number of ether oxygens (including phenoxy) is 3. The molecule has 0 saturated carbocycles. The highest BCUT2D eigenvalue weighted by Crippen LogP contribution is 2.17. The van der Waals surface area contributed by atoms with Crippen LogP contribution in [0, 0.1) is 0 Å². The minimum absolute atomic E-state index is 0.0943. The van der Waals surface area contributed by atoms with E-state index in [0.29, 0.717) is 19.3 Å². The van der Waals surface area contributed by atoms with E-state index < -0.39 is 6.10 Å². The summed E-state index contributed by atoms with van der Waals surface area (Å²) in [5.74, 6) is -0.934. The molecule has 0 N–H and O–H groups in total. The Hall–Kier alpha value is -3.41. The van der Waals surface area contributed by atoms with Crippen molar-refractivity contribution >= 4 is 17.9 Å². The van der Waals surface area contributed by atoms with Crippen LogP contribution in [0.4, 0.5) is 0 Å². The highest BCUT2D eigenvalue weighted by atomic mass is 16.6. The molecule has 0 aliphatic carbocycles. The van der Waals surface area contributed by atoms with Gasteiger partial charge in [-0.05, 0) is 96.3 Å². The van der Waals surface area contributed by atoms with Gasteiger partial charge in [0.2, 0.25) is 0 Å². The van der Waals surface area contributed by atoms with E-state index in [1.54, 1.807) is 0 Å². The zero-order valence-corrected chi connectivity index (χ0v) is 50.3. The summed E-state index contributed by atoms with van der Waals surface area (Å²) in [5.41, 5.74) is 0. The molecule has 0 heterocycles. The number of unbranched alkanes of at least 4 members (excludes halogenated alkanes) is 34. The summed E-state index contributed by atoms with van der Waals surface area (Å²) >= 11 is 0. The molecule has 0 aromatic carbocycles. The van der Waals surface area contributed by atoms with Gasteiger partial charge in [-0.2, -0.15) is 0 Å². The second-order valence-corrected chi connectivity index (χ2v) is 21.6. The Morgan fingerprint density at radius 3 is 0.855 bits per heavy atom. The summed E-state index contributed by atoms with van der Waals surface area (Å²) < 4.78 is 16.9. The summed E-state index contributed by atoms with van der Waals surface area (Å²) in [6, 6.07) is 0. The highest BCUT2D eigenvalue weighted by Gasteiger charge is 2.19. The van der Waals surface area contributed by atoms with E-state index in [1.807, 2.05) is 0 Å². The molecular formula is C70H122O6. The lowest BCUT2D eigenvalue weighted by atomic mass is 10.0. The second kappa shape index (κ2) is 64.1.